The van der Waals surface area contributed by atoms with Crippen LogP contribution in [0.25, 0.3) is 0 Å². The number of hydrogen-bond donors (Lipinski definition) is 4. The van der Waals surface area contributed by atoms with E-state index in [1.165, 1.54) is 24.1 Å². The molecular formula is C56H83FN2O13S. The van der Waals surface area contributed by atoms with Crippen LogP contribution in [0.2, 0.25) is 0 Å². The number of Topliss-reactive ketones (excluding diaryl/α,β-unsaturated/α-hetero) is 2. The van der Waals surface area contributed by atoms with Gasteiger partial charge in [-0.05, 0) is 145 Å². The minimum atomic E-state index is -4.32. The molecule has 408 valence electrons. The zero-order valence-corrected chi connectivity index (χ0v) is 45.2. The van der Waals surface area contributed by atoms with Crippen LogP contribution < -0.4 is 4.72 Å². The number of ketones is 2. The van der Waals surface area contributed by atoms with Gasteiger partial charge in [0.15, 0.2) is 5.78 Å². The van der Waals surface area contributed by atoms with Crippen molar-refractivity contribution in [1.29, 1.82) is 0 Å². The lowest BCUT2D eigenvalue weighted by atomic mass is 9.78. The molecule has 0 radical (unpaired) electrons. The summed E-state index contributed by atoms with van der Waals surface area (Å²) in [5, 5.41) is 34.2. The summed E-state index contributed by atoms with van der Waals surface area (Å²) >= 11 is 0. The number of piperidine rings is 1. The second-order valence-electron chi connectivity index (χ2n) is 21.6. The third kappa shape index (κ3) is 16.0. The van der Waals surface area contributed by atoms with Crippen molar-refractivity contribution >= 4 is 33.5 Å². The Labute approximate surface area is 433 Å². The molecule has 2 bridgehead atoms. The van der Waals surface area contributed by atoms with Gasteiger partial charge in [0.2, 0.25) is 15.8 Å². The number of nitrogens with one attached hydrogen (secondary N) is 1. The number of carbonyl (C=O) groups is 4. The molecule has 0 spiro atoms. The molecule has 1 aromatic carbocycles. The van der Waals surface area contributed by atoms with Crippen LogP contribution in [-0.2, 0) is 48.1 Å². The SMILES string of the molecule is CO[C@@H]1C[C@H](C[C@@H](C)[C@@H]2CC[C@H](C)/C=C(\C)[C@@H](O)[C@@H](OC)C(=O)[C@H](C)C[C@H](C)/C=C/C=C/C=C(\C)C(NS(=O)(=O)c3cccc(F)c3)C[C@@H]3CC[C@@H](C)[C@@](O)(O3)C(=O)C(=O)N3CCCC[C@H]3C(=O)O2)CC[C@H]1O. The number of cyclic esters (lactones) is 1. The van der Waals surface area contributed by atoms with Gasteiger partial charge in [-0.3, -0.25) is 14.4 Å². The van der Waals surface area contributed by atoms with Gasteiger partial charge >= 0.3 is 5.97 Å². The number of halogens is 1. The van der Waals surface area contributed by atoms with E-state index in [4.69, 9.17) is 18.9 Å². The van der Waals surface area contributed by atoms with Gasteiger partial charge in [0, 0.05) is 38.6 Å². The number of allylic oxidation sites excluding steroid dienone is 6. The summed E-state index contributed by atoms with van der Waals surface area (Å²) in [5.41, 5.74) is 1.09. The number of sulfonamides is 1. The van der Waals surface area contributed by atoms with E-state index in [1.54, 1.807) is 46.1 Å². The first-order valence-electron chi connectivity index (χ1n) is 26.4. The van der Waals surface area contributed by atoms with Crippen molar-refractivity contribution in [2.45, 2.75) is 191 Å². The summed E-state index contributed by atoms with van der Waals surface area (Å²) in [7, 11) is -1.33. The molecule has 1 amide bonds. The Morgan fingerprint density at radius 1 is 0.877 bits per heavy atom. The van der Waals surface area contributed by atoms with Gasteiger partial charge in [-0.2, -0.15) is 0 Å². The van der Waals surface area contributed by atoms with E-state index in [2.05, 4.69) is 4.72 Å². The Hall–Kier alpha value is -3.94. The summed E-state index contributed by atoms with van der Waals surface area (Å²) in [6.45, 7) is 12.9. The molecule has 1 aromatic rings. The highest BCUT2D eigenvalue weighted by Gasteiger charge is 2.53. The number of aliphatic hydroxyl groups is 3. The van der Waals surface area contributed by atoms with Crippen molar-refractivity contribution in [2.75, 3.05) is 20.8 Å². The lowest BCUT2D eigenvalue weighted by Gasteiger charge is -2.43. The van der Waals surface area contributed by atoms with E-state index in [0.717, 1.165) is 18.6 Å². The lowest BCUT2D eigenvalue weighted by Crippen LogP contribution is -2.61. The largest absolute Gasteiger partial charge is 0.461 e. The zero-order chi connectivity index (χ0) is 53.8. The number of methoxy groups -OCH3 is 2. The number of esters is 1. The standard InChI is InChI=1S/C56H83FN2O13S/c1-34-16-11-10-12-17-36(3)45(58-73(67,68)44-19-15-18-42(57)32-44)33-43-24-22-40(7)56(66,72-43)53(63)54(64)59-27-14-13-20-46(59)55(65)71-48(37(4)30-41-23-25-47(60)49(31-41)69-8)26-21-35(2)29-39(6)51(62)52(70-9)50(61)38(5)28-34/h10-12,15-19,29,32,34-35,37-38,40-41,43,45-49,51-52,58,60,62,66H,13-14,20-28,30-31,33H2,1-9H3/b12-10+,16-11+,36-17+,39-29+/t34-,35+,37-,38-,40-,41+,43+,45?,46+,47-,48+,49-,51-,52+,56-/m1/s1. The Morgan fingerprint density at radius 2 is 1.62 bits per heavy atom. The zero-order valence-electron chi connectivity index (χ0n) is 44.4. The number of ether oxygens (including phenoxy) is 4. The number of amides is 1. The number of carbonyl (C=O) groups excluding carboxylic acids is 4. The van der Waals surface area contributed by atoms with Gasteiger partial charge < -0.3 is 39.2 Å². The normalized spacial score (nSPS) is 37.4. The summed E-state index contributed by atoms with van der Waals surface area (Å²) in [6.07, 6.45) is 11.9. The summed E-state index contributed by atoms with van der Waals surface area (Å²) in [5.74, 6) is -8.04. The minimum absolute atomic E-state index is 0.0580. The van der Waals surface area contributed by atoms with Gasteiger partial charge in [-0.1, -0.05) is 82.7 Å². The van der Waals surface area contributed by atoms with Crippen molar-refractivity contribution < 1.29 is 66.3 Å². The third-order valence-corrected chi connectivity index (χ3v) is 17.2. The maximum Gasteiger partial charge on any atom is 0.329 e. The van der Waals surface area contributed by atoms with Gasteiger partial charge in [0.1, 0.15) is 30.2 Å². The molecule has 15 nitrogen and oxygen atoms in total. The second kappa shape index (κ2) is 27.2. The van der Waals surface area contributed by atoms with E-state index in [1.807, 2.05) is 45.9 Å². The fraction of sp³-hybridized carbons (Fsp3) is 0.679. The van der Waals surface area contributed by atoms with Crippen LogP contribution in [0.1, 0.15) is 132 Å². The second-order valence-corrected chi connectivity index (χ2v) is 23.3. The van der Waals surface area contributed by atoms with E-state index < -0.39 is 93.7 Å². The molecule has 1 aliphatic carbocycles. The molecule has 4 N–H and O–H groups in total. The predicted molar refractivity (Wildman–Crippen MR) is 274 cm³/mol. The number of benzene rings is 1. The van der Waals surface area contributed by atoms with E-state index in [0.29, 0.717) is 68.9 Å². The lowest BCUT2D eigenvalue weighted by molar-refractivity contribution is -0.264. The maximum absolute atomic E-state index is 14.5. The highest BCUT2D eigenvalue weighted by atomic mass is 32.2. The quantitative estimate of drug-likeness (QED) is 0.113. The van der Waals surface area contributed by atoms with Crippen LogP contribution in [0.5, 0.6) is 0 Å². The molecule has 0 aromatic heterocycles. The molecule has 17 heteroatoms. The number of nitrogens with zero attached hydrogens (tertiary/aromatic N) is 1. The third-order valence-electron chi connectivity index (χ3n) is 15.7. The van der Waals surface area contributed by atoms with Gasteiger partial charge in [0.25, 0.3) is 11.7 Å². The van der Waals surface area contributed by atoms with Crippen LogP contribution in [0.15, 0.2) is 76.8 Å². The van der Waals surface area contributed by atoms with Gasteiger partial charge in [-0.25, -0.2) is 22.3 Å². The Kier molecular flexibility index (Phi) is 22.3. The highest BCUT2D eigenvalue weighted by Crippen LogP contribution is 2.38. The smallest absolute Gasteiger partial charge is 0.329 e. The number of rotatable bonds is 8. The minimum Gasteiger partial charge on any atom is -0.461 e. The van der Waals surface area contributed by atoms with Crippen molar-refractivity contribution in [2.24, 2.45) is 35.5 Å². The topological polar surface area (TPSA) is 215 Å². The Morgan fingerprint density at radius 3 is 2.32 bits per heavy atom. The van der Waals surface area contributed by atoms with Crippen LogP contribution >= 0.6 is 0 Å². The fourth-order valence-electron chi connectivity index (χ4n) is 11.1. The number of hydrogen-bond acceptors (Lipinski definition) is 13. The van der Waals surface area contributed by atoms with E-state index in [9.17, 15) is 47.3 Å². The summed E-state index contributed by atoms with van der Waals surface area (Å²) in [4.78, 5) is 58.1. The first-order chi connectivity index (χ1) is 34.5. The fourth-order valence-corrected chi connectivity index (χ4v) is 12.4. The van der Waals surface area contributed by atoms with E-state index in [-0.39, 0.29) is 66.3 Å². The van der Waals surface area contributed by atoms with Crippen LogP contribution in [0.3, 0.4) is 0 Å². The molecule has 15 atom stereocenters. The first-order valence-corrected chi connectivity index (χ1v) is 27.9. The molecule has 1 saturated carbocycles. The maximum atomic E-state index is 14.5. The molecule has 1 unspecified atom stereocenters. The molecule has 3 heterocycles. The molecule has 5 rings (SSSR count). The average molecular weight is 1040 g/mol. The Balaban J connectivity index is 1.50. The molecule has 73 heavy (non-hydrogen) atoms. The molecular weight excluding hydrogens is 960 g/mol. The predicted octanol–water partition coefficient (Wildman–Crippen LogP) is 7.47. The molecule has 4 aliphatic rings. The first kappa shape index (κ1) is 59.9. The average Bonchev–Trinajstić information content (AvgIpc) is 3.35. The van der Waals surface area contributed by atoms with Crippen molar-refractivity contribution in [3.8, 4) is 0 Å². The van der Waals surface area contributed by atoms with E-state index >= 15 is 0 Å². The molecule has 3 aliphatic heterocycles. The van der Waals surface area contributed by atoms with Crippen molar-refractivity contribution in [3.63, 3.8) is 0 Å². The molecule has 2 saturated heterocycles. The van der Waals surface area contributed by atoms with Gasteiger partial charge in [-0.15, -0.1) is 0 Å². The number of fused-ring (bicyclic) bond motifs is 3. The van der Waals surface area contributed by atoms with Crippen molar-refractivity contribution in [3.05, 3.63) is 77.7 Å². The highest BCUT2D eigenvalue weighted by molar-refractivity contribution is 7.89. The number of aliphatic hydroxyl groups excluding tert-OH is 2. The van der Waals surface area contributed by atoms with Crippen LogP contribution in [0.4, 0.5) is 4.39 Å². The van der Waals surface area contributed by atoms with Crippen LogP contribution in [0, 0.1) is 41.3 Å². The van der Waals surface area contributed by atoms with Crippen molar-refractivity contribution in [1.82, 2.24) is 9.62 Å². The van der Waals surface area contributed by atoms with Gasteiger partial charge in [0.05, 0.1) is 23.2 Å². The monoisotopic (exact) mass is 1040 g/mol. The molecule has 3 fully saturated rings. The summed E-state index contributed by atoms with van der Waals surface area (Å²) < 4.78 is 68.3. The summed E-state index contributed by atoms with van der Waals surface area (Å²) in [6, 6.07) is 2.48. The Bertz CT molecular complexity index is 2280. The van der Waals surface area contributed by atoms with Crippen LogP contribution in [-0.4, -0.2) is 127 Å².